The Bertz CT molecular complexity index is 379. The number of halogens is 3. The molecule has 1 aromatic carbocycles. The Morgan fingerprint density at radius 3 is 2.53 bits per heavy atom. The van der Waals surface area contributed by atoms with Crippen molar-refractivity contribution < 1.29 is 27.8 Å². The maximum absolute atomic E-state index is 12.3. The minimum absolute atomic E-state index is 0. The van der Waals surface area contributed by atoms with Crippen LogP contribution in [0.5, 0.6) is 5.75 Å². The molecule has 0 saturated heterocycles. The van der Waals surface area contributed by atoms with E-state index in [0.29, 0.717) is 0 Å². The van der Waals surface area contributed by atoms with E-state index >= 15 is 0 Å². The van der Waals surface area contributed by atoms with Crippen molar-refractivity contribution in [1.29, 1.82) is 0 Å². The average molecular weight is 258 g/mol. The molecule has 17 heavy (non-hydrogen) atoms. The second-order valence-electron chi connectivity index (χ2n) is 3.02. The molecule has 0 atom stereocenters. The number of carboxylic acids is 1. The topological polar surface area (TPSA) is 46.5 Å². The summed E-state index contributed by atoms with van der Waals surface area (Å²) in [5.41, 5.74) is -0.819. The molecule has 0 unspecified atom stereocenters. The van der Waals surface area contributed by atoms with Gasteiger partial charge in [0.05, 0.1) is 18.6 Å². The molecule has 1 N–H and O–H groups in total. The third-order valence-electron chi connectivity index (χ3n) is 1.75. The quantitative estimate of drug-likeness (QED) is 0.839. The zero-order chi connectivity index (χ0) is 12.2. The number of alkyl halides is 3. The number of aliphatic carboxylic acids is 1. The first-order valence-electron chi connectivity index (χ1n) is 4.41. The Kier molecular flexibility index (Phi) is 6.59. The van der Waals surface area contributed by atoms with E-state index in [0.717, 1.165) is 12.1 Å². The molecule has 0 radical (unpaired) electrons. The van der Waals surface area contributed by atoms with Crippen molar-refractivity contribution in [2.24, 2.45) is 0 Å². The van der Waals surface area contributed by atoms with Gasteiger partial charge in [-0.05, 0) is 18.2 Å². The van der Waals surface area contributed by atoms with Crippen molar-refractivity contribution in [3.05, 3.63) is 29.8 Å². The Morgan fingerprint density at radius 1 is 1.35 bits per heavy atom. The molecule has 1 rings (SSSR count). The van der Waals surface area contributed by atoms with E-state index in [1.807, 2.05) is 0 Å². The van der Waals surface area contributed by atoms with Gasteiger partial charge in [0.15, 0.2) is 0 Å². The molecule has 3 nitrogen and oxygen atoms in total. The third kappa shape index (κ3) is 5.95. The van der Waals surface area contributed by atoms with Crippen molar-refractivity contribution in [2.45, 2.75) is 12.6 Å². The summed E-state index contributed by atoms with van der Waals surface area (Å²) in [6, 6.07) is 4.31. The fourth-order valence-electron chi connectivity index (χ4n) is 1.02. The van der Waals surface area contributed by atoms with Crippen molar-refractivity contribution in [3.8, 4) is 5.75 Å². The maximum atomic E-state index is 12.3. The minimum atomic E-state index is -4.42. The predicted octanol–water partition coefficient (Wildman–Crippen LogP) is 1.91. The zero-order valence-electron chi connectivity index (χ0n) is 8.12. The van der Waals surface area contributed by atoms with Crippen LogP contribution in [0, 0.1) is 0 Å². The van der Waals surface area contributed by atoms with Crippen LogP contribution in [0.15, 0.2) is 24.3 Å². The van der Waals surface area contributed by atoms with E-state index < -0.39 is 17.7 Å². The first-order valence-corrected chi connectivity index (χ1v) is 4.41. The standard InChI is InChI=1S/C10H9F3O3.Na.H/c11-10(12,13)7-2-1-3-8(6-7)16-5-4-9(14)15;;/h1-3,6H,4-5H2,(H,14,15);;. The van der Waals surface area contributed by atoms with E-state index in [9.17, 15) is 18.0 Å². The fraction of sp³-hybridized carbons (Fsp3) is 0.300. The van der Waals surface area contributed by atoms with Crippen LogP contribution in [-0.4, -0.2) is 47.2 Å². The Hall–Kier alpha value is -0.720. The van der Waals surface area contributed by atoms with Crippen molar-refractivity contribution in [1.82, 2.24) is 0 Å². The SMILES string of the molecule is O=C(O)CCOc1cccc(C(F)(F)F)c1.[NaH]. The van der Waals surface area contributed by atoms with E-state index in [4.69, 9.17) is 9.84 Å². The van der Waals surface area contributed by atoms with Crippen LogP contribution in [-0.2, 0) is 11.0 Å². The number of hydrogen-bond donors (Lipinski definition) is 1. The summed E-state index contributed by atoms with van der Waals surface area (Å²) >= 11 is 0. The number of ether oxygens (including phenoxy) is 1. The molecule has 0 amide bonds. The molecule has 7 heteroatoms. The van der Waals surface area contributed by atoms with Crippen LogP contribution in [0.3, 0.4) is 0 Å². The van der Waals surface area contributed by atoms with Gasteiger partial charge < -0.3 is 9.84 Å². The second kappa shape index (κ2) is 6.88. The number of carboxylic acid groups (broad SMARTS) is 1. The van der Waals surface area contributed by atoms with Gasteiger partial charge in [-0.3, -0.25) is 4.79 Å². The van der Waals surface area contributed by atoms with E-state index in [1.165, 1.54) is 12.1 Å². The molecule has 0 saturated carbocycles. The molecule has 0 fully saturated rings. The van der Waals surface area contributed by atoms with Crippen molar-refractivity contribution >= 4 is 35.5 Å². The van der Waals surface area contributed by atoms with Gasteiger partial charge in [-0.15, -0.1) is 0 Å². The van der Waals surface area contributed by atoms with Gasteiger partial charge in [-0.2, -0.15) is 13.2 Å². The van der Waals surface area contributed by atoms with E-state index in [2.05, 4.69) is 0 Å². The fourth-order valence-corrected chi connectivity index (χ4v) is 1.02. The normalized spacial score (nSPS) is 10.5. The molecule has 0 aliphatic rings. The molecule has 0 aliphatic heterocycles. The van der Waals surface area contributed by atoms with Crippen LogP contribution in [0.25, 0.3) is 0 Å². The van der Waals surface area contributed by atoms with E-state index in [1.54, 1.807) is 0 Å². The summed E-state index contributed by atoms with van der Waals surface area (Å²) in [5, 5.41) is 8.32. The number of benzene rings is 1. The van der Waals surface area contributed by atoms with Gasteiger partial charge in [0, 0.05) is 0 Å². The van der Waals surface area contributed by atoms with Gasteiger partial charge in [0.1, 0.15) is 5.75 Å². The van der Waals surface area contributed by atoms with Crippen LogP contribution in [0.4, 0.5) is 13.2 Å². The number of carbonyl (C=O) groups is 1. The van der Waals surface area contributed by atoms with Gasteiger partial charge in [-0.25, -0.2) is 0 Å². The third-order valence-corrected chi connectivity index (χ3v) is 1.75. The molecule has 1 aromatic rings. The first-order chi connectivity index (χ1) is 7.39. The Labute approximate surface area is 118 Å². The van der Waals surface area contributed by atoms with Crippen LogP contribution >= 0.6 is 0 Å². The first kappa shape index (κ1) is 16.3. The molecule has 90 valence electrons. The Morgan fingerprint density at radius 2 is 2.00 bits per heavy atom. The Balaban J connectivity index is 0.00000256. The summed E-state index contributed by atoms with van der Waals surface area (Å²) in [4.78, 5) is 10.2. The molecule has 0 bridgehead atoms. The van der Waals surface area contributed by atoms with Gasteiger partial charge in [0.2, 0.25) is 0 Å². The average Bonchev–Trinajstić information content (AvgIpc) is 2.16. The summed E-state index contributed by atoms with van der Waals surface area (Å²) in [6.45, 7) is -0.156. The molecule has 0 spiro atoms. The van der Waals surface area contributed by atoms with Crippen LogP contribution in [0.1, 0.15) is 12.0 Å². The van der Waals surface area contributed by atoms with Crippen LogP contribution < -0.4 is 4.74 Å². The summed E-state index contributed by atoms with van der Waals surface area (Å²) in [6.07, 6.45) is -4.68. The summed E-state index contributed by atoms with van der Waals surface area (Å²) < 4.78 is 41.7. The molecule has 0 heterocycles. The van der Waals surface area contributed by atoms with Gasteiger partial charge in [-0.1, -0.05) is 6.07 Å². The summed E-state index contributed by atoms with van der Waals surface area (Å²) in [5.74, 6) is -1.05. The van der Waals surface area contributed by atoms with Gasteiger partial charge >= 0.3 is 41.7 Å². The molecule has 0 aliphatic carbocycles. The number of rotatable bonds is 4. The van der Waals surface area contributed by atoms with Crippen molar-refractivity contribution in [2.75, 3.05) is 6.61 Å². The predicted molar refractivity (Wildman–Crippen MR) is 56.3 cm³/mol. The second-order valence-corrected chi connectivity index (χ2v) is 3.02. The van der Waals surface area contributed by atoms with Gasteiger partial charge in [0.25, 0.3) is 0 Å². The van der Waals surface area contributed by atoms with Crippen molar-refractivity contribution in [3.63, 3.8) is 0 Å². The number of hydrogen-bond acceptors (Lipinski definition) is 2. The zero-order valence-corrected chi connectivity index (χ0v) is 8.12. The van der Waals surface area contributed by atoms with E-state index in [-0.39, 0.29) is 48.3 Å². The molecule has 0 aromatic heterocycles. The molecular weight excluding hydrogens is 248 g/mol. The molecular formula is C10H10F3NaO3. The van der Waals surface area contributed by atoms with Crippen LogP contribution in [0.2, 0.25) is 0 Å². The summed E-state index contributed by atoms with van der Waals surface area (Å²) in [7, 11) is 0. The monoisotopic (exact) mass is 258 g/mol.